The lowest BCUT2D eigenvalue weighted by Gasteiger charge is -2.28. The van der Waals surface area contributed by atoms with E-state index in [1.165, 1.54) is 0 Å². The molecule has 0 bridgehead atoms. The molecule has 4 rings (SSSR count). The number of carbonyl (C=O) groups is 1. The highest BCUT2D eigenvalue weighted by Gasteiger charge is 2.28. The second-order valence-electron chi connectivity index (χ2n) is 11.5. The standard InChI is InChI=1S/C30H35N3O3/c1-29(2,3)22-15-20(16-23(27(22)36)30(4,5)6)26(35)18-33-25-10-8-7-9-24(25)32(28(33)31)17-19-11-13-21(34)14-12-19/h7-16,31,34,36H,17-18H2,1-6H3. The van der Waals surface area contributed by atoms with Crippen LogP contribution in [-0.2, 0) is 23.9 Å². The van der Waals surface area contributed by atoms with Gasteiger partial charge in [-0.2, -0.15) is 0 Å². The van der Waals surface area contributed by atoms with Gasteiger partial charge in [0.2, 0.25) is 5.62 Å². The van der Waals surface area contributed by atoms with E-state index in [4.69, 9.17) is 5.41 Å². The number of phenolic OH excluding ortho intramolecular Hbond substituents is 2. The van der Waals surface area contributed by atoms with Crippen molar-refractivity contribution in [1.82, 2.24) is 9.13 Å². The fourth-order valence-corrected chi connectivity index (χ4v) is 4.57. The normalized spacial score (nSPS) is 12.3. The van der Waals surface area contributed by atoms with Crippen molar-refractivity contribution in [3.05, 3.63) is 88.5 Å². The first-order valence-corrected chi connectivity index (χ1v) is 12.2. The summed E-state index contributed by atoms with van der Waals surface area (Å²) in [6.07, 6.45) is 0. The number of nitrogens with one attached hydrogen (secondary N) is 1. The molecule has 1 heterocycles. The Bertz CT molecular complexity index is 1460. The average molecular weight is 486 g/mol. The van der Waals surface area contributed by atoms with Gasteiger partial charge in [0.25, 0.3) is 0 Å². The van der Waals surface area contributed by atoms with Crippen LogP contribution < -0.4 is 5.62 Å². The topological polar surface area (TPSA) is 91.2 Å². The summed E-state index contributed by atoms with van der Waals surface area (Å²) in [6.45, 7) is 12.6. The number of phenols is 2. The molecule has 3 aromatic carbocycles. The highest BCUT2D eigenvalue weighted by Crippen LogP contribution is 2.40. The van der Waals surface area contributed by atoms with Crippen molar-refractivity contribution in [2.24, 2.45) is 0 Å². The molecule has 3 N–H and O–H groups in total. The first-order chi connectivity index (χ1) is 16.8. The molecule has 6 nitrogen and oxygen atoms in total. The molecule has 0 saturated heterocycles. The van der Waals surface area contributed by atoms with E-state index in [2.05, 4.69) is 0 Å². The SMILES string of the molecule is CC(C)(C)c1cc(C(=O)Cn2c(=N)n(Cc3ccc(O)cc3)c3ccccc32)cc(C(C)(C)C)c1O. The summed E-state index contributed by atoms with van der Waals surface area (Å²) in [5.74, 6) is 0.323. The van der Waals surface area contributed by atoms with Gasteiger partial charge in [0.15, 0.2) is 5.78 Å². The zero-order valence-electron chi connectivity index (χ0n) is 21.9. The summed E-state index contributed by atoms with van der Waals surface area (Å²) in [5, 5.41) is 29.6. The Morgan fingerprint density at radius 2 is 1.31 bits per heavy atom. The fraction of sp³-hybridized carbons (Fsp3) is 0.333. The Morgan fingerprint density at radius 3 is 1.81 bits per heavy atom. The number of carbonyl (C=O) groups excluding carboxylic acids is 1. The Kier molecular flexibility index (Phi) is 6.33. The van der Waals surface area contributed by atoms with Crippen LogP contribution in [0.1, 0.15) is 68.6 Å². The minimum Gasteiger partial charge on any atom is -0.508 e. The lowest BCUT2D eigenvalue weighted by Crippen LogP contribution is -2.28. The first-order valence-electron chi connectivity index (χ1n) is 12.2. The second-order valence-corrected chi connectivity index (χ2v) is 11.5. The van der Waals surface area contributed by atoms with E-state index in [1.807, 2.05) is 82.5 Å². The highest BCUT2D eigenvalue weighted by atomic mass is 16.3. The molecule has 6 heteroatoms. The number of imidazole rings is 1. The summed E-state index contributed by atoms with van der Waals surface area (Å²) in [4.78, 5) is 13.7. The van der Waals surface area contributed by atoms with Crippen LogP contribution in [0.5, 0.6) is 11.5 Å². The van der Waals surface area contributed by atoms with Gasteiger partial charge in [0.1, 0.15) is 11.5 Å². The third kappa shape index (κ3) is 4.81. The zero-order valence-corrected chi connectivity index (χ0v) is 21.9. The molecule has 0 radical (unpaired) electrons. The molecular formula is C30H35N3O3. The predicted octanol–water partition coefficient (Wildman–Crippen LogP) is 5.86. The highest BCUT2D eigenvalue weighted by molar-refractivity contribution is 5.97. The van der Waals surface area contributed by atoms with Crippen molar-refractivity contribution in [3.8, 4) is 11.5 Å². The van der Waals surface area contributed by atoms with Crippen molar-refractivity contribution in [2.75, 3.05) is 0 Å². The van der Waals surface area contributed by atoms with Gasteiger partial charge >= 0.3 is 0 Å². The fourth-order valence-electron chi connectivity index (χ4n) is 4.57. The van der Waals surface area contributed by atoms with Gasteiger partial charge < -0.3 is 19.3 Å². The Morgan fingerprint density at radius 1 is 0.806 bits per heavy atom. The number of rotatable bonds is 5. The van der Waals surface area contributed by atoms with Gasteiger partial charge in [-0.25, -0.2) is 0 Å². The summed E-state index contributed by atoms with van der Waals surface area (Å²) < 4.78 is 3.60. The summed E-state index contributed by atoms with van der Waals surface area (Å²) in [7, 11) is 0. The van der Waals surface area contributed by atoms with Crippen molar-refractivity contribution < 1.29 is 15.0 Å². The van der Waals surface area contributed by atoms with E-state index >= 15 is 0 Å². The van der Waals surface area contributed by atoms with E-state index in [0.717, 1.165) is 27.7 Å². The molecule has 4 aromatic rings. The Labute approximate surface area is 212 Å². The number of nitrogens with zero attached hydrogens (tertiary/aromatic N) is 2. The zero-order chi connectivity index (χ0) is 26.4. The van der Waals surface area contributed by atoms with E-state index in [9.17, 15) is 15.0 Å². The first kappa shape index (κ1) is 25.3. The number of aromatic hydroxyl groups is 2. The number of aromatic nitrogens is 2. The Hall–Kier alpha value is -3.80. The number of fused-ring (bicyclic) bond motifs is 1. The van der Waals surface area contributed by atoms with Gasteiger partial charge in [-0.3, -0.25) is 10.2 Å². The predicted molar refractivity (Wildman–Crippen MR) is 143 cm³/mol. The molecule has 0 aliphatic rings. The largest absolute Gasteiger partial charge is 0.508 e. The van der Waals surface area contributed by atoms with E-state index in [-0.39, 0.29) is 40.3 Å². The van der Waals surface area contributed by atoms with Crippen LogP contribution in [0.4, 0.5) is 0 Å². The molecule has 0 atom stereocenters. The molecular weight excluding hydrogens is 450 g/mol. The lowest BCUT2D eigenvalue weighted by atomic mass is 9.78. The van der Waals surface area contributed by atoms with Gasteiger partial charge in [0, 0.05) is 16.7 Å². The number of hydrogen-bond donors (Lipinski definition) is 3. The third-order valence-electron chi connectivity index (χ3n) is 6.60. The van der Waals surface area contributed by atoms with E-state index in [1.54, 1.807) is 28.8 Å². The van der Waals surface area contributed by atoms with Gasteiger partial charge in [-0.05, 0) is 52.8 Å². The number of Topliss-reactive ketones (excluding diaryl/α,β-unsaturated/α-hetero) is 1. The van der Waals surface area contributed by atoms with Crippen LogP contribution in [-0.4, -0.2) is 25.1 Å². The molecule has 36 heavy (non-hydrogen) atoms. The third-order valence-corrected chi connectivity index (χ3v) is 6.60. The minimum absolute atomic E-state index is 0.0138. The average Bonchev–Trinajstić information content (AvgIpc) is 3.05. The molecule has 0 aliphatic carbocycles. The number of hydrogen-bond acceptors (Lipinski definition) is 4. The monoisotopic (exact) mass is 485 g/mol. The van der Waals surface area contributed by atoms with Crippen molar-refractivity contribution in [2.45, 2.75) is 65.5 Å². The summed E-state index contributed by atoms with van der Waals surface area (Å²) in [5.41, 5.74) is 4.17. The van der Waals surface area contributed by atoms with Crippen molar-refractivity contribution in [1.29, 1.82) is 5.41 Å². The Balaban J connectivity index is 1.79. The molecule has 0 saturated carbocycles. The molecule has 0 unspecified atom stereocenters. The number of para-hydroxylation sites is 2. The van der Waals surface area contributed by atoms with E-state index in [0.29, 0.717) is 12.1 Å². The molecule has 0 aliphatic heterocycles. The molecule has 0 amide bonds. The maximum Gasteiger partial charge on any atom is 0.203 e. The van der Waals surface area contributed by atoms with Crippen LogP contribution in [0.3, 0.4) is 0 Å². The number of benzene rings is 3. The van der Waals surface area contributed by atoms with E-state index < -0.39 is 0 Å². The summed E-state index contributed by atoms with van der Waals surface area (Å²) >= 11 is 0. The quantitative estimate of drug-likeness (QED) is 0.309. The minimum atomic E-state index is -0.339. The second kappa shape index (κ2) is 9.01. The van der Waals surface area contributed by atoms with Crippen molar-refractivity contribution in [3.63, 3.8) is 0 Å². The summed E-state index contributed by atoms with van der Waals surface area (Å²) in [6, 6.07) is 18.2. The van der Waals surface area contributed by atoms with Crippen molar-refractivity contribution >= 4 is 16.8 Å². The van der Waals surface area contributed by atoms with Gasteiger partial charge in [-0.15, -0.1) is 0 Å². The molecule has 1 aromatic heterocycles. The van der Waals surface area contributed by atoms with Gasteiger partial charge in [-0.1, -0.05) is 65.8 Å². The van der Waals surface area contributed by atoms with Crippen LogP contribution in [0.15, 0.2) is 60.7 Å². The maximum absolute atomic E-state index is 13.7. The smallest absolute Gasteiger partial charge is 0.203 e. The lowest BCUT2D eigenvalue weighted by molar-refractivity contribution is 0.0971. The maximum atomic E-state index is 13.7. The van der Waals surface area contributed by atoms with Crippen LogP contribution >= 0.6 is 0 Å². The number of ketones is 1. The molecule has 0 spiro atoms. The van der Waals surface area contributed by atoms with Gasteiger partial charge in [0.05, 0.1) is 24.1 Å². The molecule has 188 valence electrons. The molecule has 0 fully saturated rings. The van der Waals surface area contributed by atoms with Crippen LogP contribution in [0.2, 0.25) is 0 Å². The van der Waals surface area contributed by atoms with Crippen LogP contribution in [0, 0.1) is 5.41 Å². The van der Waals surface area contributed by atoms with Crippen LogP contribution in [0.25, 0.3) is 11.0 Å².